The molecule has 2 aliphatic rings. The van der Waals surface area contributed by atoms with Crippen LogP contribution < -0.4 is 5.32 Å². The second kappa shape index (κ2) is 4.76. The summed E-state index contributed by atoms with van der Waals surface area (Å²) in [4.78, 5) is 12.9. The molecule has 0 atom stereocenters. The largest absolute Gasteiger partial charge is 0.366 e. The maximum atomic E-state index is 11.1. The lowest BCUT2D eigenvalue weighted by atomic mass is 10.0. The van der Waals surface area contributed by atoms with Crippen molar-refractivity contribution >= 4 is 5.70 Å². The molecule has 1 N–H and O–H groups in total. The van der Waals surface area contributed by atoms with Crippen molar-refractivity contribution in [3.8, 4) is 0 Å². The average Bonchev–Trinajstić information content (AvgIpc) is 2.47. The van der Waals surface area contributed by atoms with Gasteiger partial charge in [-0.2, -0.15) is 0 Å². The van der Waals surface area contributed by atoms with E-state index in [1.165, 1.54) is 0 Å². The van der Waals surface area contributed by atoms with Gasteiger partial charge in [0.15, 0.2) is 5.82 Å². The summed E-state index contributed by atoms with van der Waals surface area (Å²) in [6, 6.07) is 10.0. The second-order valence-electron chi connectivity index (χ2n) is 4.64. The van der Waals surface area contributed by atoms with E-state index in [9.17, 15) is 10.1 Å². The van der Waals surface area contributed by atoms with Gasteiger partial charge in [0.1, 0.15) is 0 Å². The Labute approximate surface area is 111 Å². The SMILES string of the molecule is O=[N+]([O-])C1=C2NCCCN2C(c2ccccc2)=CC1. The Bertz CT molecular complexity index is 563. The van der Waals surface area contributed by atoms with Crippen molar-refractivity contribution in [1.29, 1.82) is 0 Å². The topological polar surface area (TPSA) is 58.4 Å². The summed E-state index contributed by atoms with van der Waals surface area (Å²) < 4.78 is 0. The summed E-state index contributed by atoms with van der Waals surface area (Å²) in [5.74, 6) is 0.664. The van der Waals surface area contributed by atoms with Crippen LogP contribution in [0.2, 0.25) is 0 Å². The molecule has 5 nitrogen and oxygen atoms in total. The Morgan fingerprint density at radius 3 is 2.79 bits per heavy atom. The standard InChI is InChI=1S/C14H15N3O2/c18-17(19)13-8-7-12(11-5-2-1-3-6-11)16-10-4-9-15-14(13)16/h1-3,5-7,15H,4,8-10H2. The third-order valence-electron chi connectivity index (χ3n) is 3.46. The average molecular weight is 257 g/mol. The van der Waals surface area contributed by atoms with Crippen LogP contribution in [0, 0.1) is 10.1 Å². The summed E-state index contributed by atoms with van der Waals surface area (Å²) in [7, 11) is 0. The Hall–Kier alpha value is -2.30. The van der Waals surface area contributed by atoms with E-state index < -0.39 is 0 Å². The third kappa shape index (κ3) is 2.07. The number of benzene rings is 1. The van der Waals surface area contributed by atoms with Gasteiger partial charge in [0.2, 0.25) is 0 Å². The number of nitrogens with one attached hydrogen (secondary N) is 1. The highest BCUT2D eigenvalue weighted by molar-refractivity contribution is 5.67. The van der Waals surface area contributed by atoms with E-state index >= 15 is 0 Å². The molecule has 98 valence electrons. The van der Waals surface area contributed by atoms with Crippen LogP contribution in [0.25, 0.3) is 5.70 Å². The molecule has 2 aliphatic heterocycles. The van der Waals surface area contributed by atoms with Crippen molar-refractivity contribution in [2.75, 3.05) is 13.1 Å². The number of hydrogen-bond donors (Lipinski definition) is 1. The highest BCUT2D eigenvalue weighted by Gasteiger charge is 2.31. The molecule has 0 aromatic heterocycles. The quantitative estimate of drug-likeness (QED) is 0.651. The van der Waals surface area contributed by atoms with Crippen molar-refractivity contribution in [2.24, 2.45) is 0 Å². The van der Waals surface area contributed by atoms with Gasteiger partial charge in [0.05, 0.1) is 11.3 Å². The van der Waals surface area contributed by atoms with Gasteiger partial charge >= 0.3 is 0 Å². The van der Waals surface area contributed by atoms with Gasteiger partial charge in [-0.05, 0) is 18.1 Å². The fraction of sp³-hybridized carbons (Fsp3) is 0.286. The van der Waals surface area contributed by atoms with Crippen LogP contribution >= 0.6 is 0 Å². The molecule has 0 unspecified atom stereocenters. The smallest absolute Gasteiger partial charge is 0.290 e. The zero-order chi connectivity index (χ0) is 13.2. The van der Waals surface area contributed by atoms with Crippen LogP contribution in [0.15, 0.2) is 47.9 Å². The number of nitrogens with zero attached hydrogens (tertiary/aromatic N) is 2. The van der Waals surface area contributed by atoms with E-state index in [0.29, 0.717) is 12.2 Å². The van der Waals surface area contributed by atoms with Gasteiger partial charge in [-0.3, -0.25) is 10.1 Å². The normalized spacial score (nSPS) is 18.5. The van der Waals surface area contributed by atoms with E-state index in [0.717, 1.165) is 30.8 Å². The fourth-order valence-electron chi connectivity index (χ4n) is 2.59. The summed E-state index contributed by atoms with van der Waals surface area (Å²) in [6.45, 7) is 1.62. The summed E-state index contributed by atoms with van der Waals surface area (Å²) >= 11 is 0. The first-order valence-corrected chi connectivity index (χ1v) is 6.42. The maximum absolute atomic E-state index is 11.1. The van der Waals surface area contributed by atoms with Crippen molar-refractivity contribution < 1.29 is 4.92 Å². The number of fused-ring (bicyclic) bond motifs is 1. The second-order valence-corrected chi connectivity index (χ2v) is 4.64. The van der Waals surface area contributed by atoms with Crippen LogP contribution in [0.1, 0.15) is 18.4 Å². The first-order valence-electron chi connectivity index (χ1n) is 6.42. The molecule has 2 heterocycles. The van der Waals surface area contributed by atoms with E-state index in [1.54, 1.807) is 0 Å². The zero-order valence-electron chi connectivity index (χ0n) is 10.5. The van der Waals surface area contributed by atoms with Crippen molar-refractivity contribution in [2.45, 2.75) is 12.8 Å². The van der Waals surface area contributed by atoms with Crippen molar-refractivity contribution in [3.05, 3.63) is 63.6 Å². The summed E-state index contributed by atoms with van der Waals surface area (Å²) in [5.41, 5.74) is 2.43. The Morgan fingerprint density at radius 2 is 2.05 bits per heavy atom. The third-order valence-corrected chi connectivity index (χ3v) is 3.46. The highest BCUT2D eigenvalue weighted by atomic mass is 16.6. The minimum absolute atomic E-state index is 0.263. The van der Waals surface area contributed by atoms with Gasteiger partial charge in [-0.15, -0.1) is 0 Å². The van der Waals surface area contributed by atoms with Crippen LogP contribution in [0.3, 0.4) is 0 Å². The molecule has 3 rings (SSSR count). The van der Waals surface area contributed by atoms with Gasteiger partial charge in [-0.25, -0.2) is 0 Å². The fourth-order valence-corrected chi connectivity index (χ4v) is 2.59. The molecule has 1 aromatic carbocycles. The van der Waals surface area contributed by atoms with E-state index in [2.05, 4.69) is 5.32 Å². The van der Waals surface area contributed by atoms with Crippen LogP contribution in [-0.4, -0.2) is 22.9 Å². The molecule has 1 saturated heterocycles. The summed E-state index contributed by atoms with van der Waals surface area (Å²) in [6.07, 6.45) is 3.30. The maximum Gasteiger partial charge on any atom is 0.290 e. The number of rotatable bonds is 2. The molecule has 0 saturated carbocycles. The van der Waals surface area contributed by atoms with Crippen molar-refractivity contribution in [3.63, 3.8) is 0 Å². The number of nitro groups is 1. The molecule has 0 spiro atoms. The molecular weight excluding hydrogens is 242 g/mol. The summed E-state index contributed by atoms with van der Waals surface area (Å²) in [5, 5.41) is 14.3. The minimum atomic E-state index is -0.279. The molecule has 0 radical (unpaired) electrons. The van der Waals surface area contributed by atoms with E-state index in [4.69, 9.17) is 0 Å². The Kier molecular flexibility index (Phi) is 2.95. The monoisotopic (exact) mass is 257 g/mol. The Balaban J connectivity index is 2.00. The number of hydrogen-bond acceptors (Lipinski definition) is 4. The van der Waals surface area contributed by atoms with Gasteiger partial charge in [0, 0.05) is 18.8 Å². The first-order chi connectivity index (χ1) is 9.27. The predicted molar refractivity (Wildman–Crippen MR) is 72.4 cm³/mol. The first kappa shape index (κ1) is 11.8. The highest BCUT2D eigenvalue weighted by Crippen LogP contribution is 2.32. The van der Waals surface area contributed by atoms with Crippen LogP contribution in [0.4, 0.5) is 0 Å². The molecular formula is C14H15N3O2. The molecule has 0 aliphatic carbocycles. The molecule has 1 aromatic rings. The molecule has 1 fully saturated rings. The van der Waals surface area contributed by atoms with E-state index in [-0.39, 0.29) is 10.6 Å². The molecule has 5 heteroatoms. The Morgan fingerprint density at radius 1 is 1.26 bits per heavy atom. The predicted octanol–water partition coefficient (Wildman–Crippen LogP) is 2.17. The van der Waals surface area contributed by atoms with Gasteiger partial charge < -0.3 is 10.2 Å². The molecule has 0 bridgehead atoms. The van der Waals surface area contributed by atoms with Crippen LogP contribution in [0.5, 0.6) is 0 Å². The molecule has 19 heavy (non-hydrogen) atoms. The lowest BCUT2D eigenvalue weighted by Gasteiger charge is -2.36. The van der Waals surface area contributed by atoms with E-state index in [1.807, 2.05) is 41.3 Å². The lowest BCUT2D eigenvalue weighted by molar-refractivity contribution is -0.429. The molecule has 0 amide bonds. The zero-order valence-corrected chi connectivity index (χ0v) is 10.5. The number of allylic oxidation sites excluding steroid dienone is 1. The lowest BCUT2D eigenvalue weighted by Crippen LogP contribution is -2.41. The van der Waals surface area contributed by atoms with Gasteiger partial charge in [0.25, 0.3) is 5.70 Å². The van der Waals surface area contributed by atoms with Crippen LogP contribution in [-0.2, 0) is 0 Å². The van der Waals surface area contributed by atoms with Crippen molar-refractivity contribution in [1.82, 2.24) is 10.2 Å². The minimum Gasteiger partial charge on any atom is -0.366 e. The van der Waals surface area contributed by atoms with Gasteiger partial charge in [-0.1, -0.05) is 30.3 Å².